The Morgan fingerprint density at radius 2 is 1.18 bits per heavy atom. The number of benzene rings is 1. The van der Waals surface area contributed by atoms with Gasteiger partial charge in [-0.3, -0.25) is 30.1 Å². The van der Waals surface area contributed by atoms with E-state index in [2.05, 4.69) is 127 Å². The Kier molecular flexibility index (Phi) is 21.7. The number of aryl methyl sites for hydroxylation is 3. The van der Waals surface area contributed by atoms with E-state index in [1.807, 2.05) is 73.8 Å². The van der Waals surface area contributed by atoms with Crippen LogP contribution in [0.15, 0.2) is 140 Å². The van der Waals surface area contributed by atoms with Gasteiger partial charge in [-0.05, 0) is 122 Å². The number of pyridine rings is 5. The summed E-state index contributed by atoms with van der Waals surface area (Å²) in [5.41, 5.74) is 9.25. The molecule has 1 fully saturated rings. The van der Waals surface area contributed by atoms with Crippen LogP contribution in [-0.2, 0) is 64.0 Å². The van der Waals surface area contributed by atoms with Crippen LogP contribution in [0.25, 0.3) is 56.6 Å². The van der Waals surface area contributed by atoms with Crippen LogP contribution in [0.1, 0.15) is 78.6 Å². The third kappa shape index (κ3) is 14.2. The van der Waals surface area contributed by atoms with Crippen LogP contribution in [0.5, 0.6) is 0 Å². The number of halogens is 2. The van der Waals surface area contributed by atoms with Crippen LogP contribution >= 0.6 is 18.8 Å². The summed E-state index contributed by atoms with van der Waals surface area (Å²) in [6.45, 7) is 12.7. The van der Waals surface area contributed by atoms with Gasteiger partial charge in [0.1, 0.15) is 5.69 Å². The van der Waals surface area contributed by atoms with Crippen molar-refractivity contribution in [2.75, 3.05) is 0 Å². The fourth-order valence-electron chi connectivity index (χ4n) is 8.33. The number of carboxylic acid groups (broad SMARTS) is 1. The zero-order chi connectivity index (χ0) is 50.4. The van der Waals surface area contributed by atoms with Crippen molar-refractivity contribution in [1.29, 1.82) is 0 Å². The zero-order valence-electron chi connectivity index (χ0n) is 40.0. The van der Waals surface area contributed by atoms with Crippen molar-refractivity contribution in [3.05, 3.63) is 174 Å². The van der Waals surface area contributed by atoms with E-state index in [4.69, 9.17) is 23.9 Å². The molecule has 12 rings (SSSR count). The monoisotopic (exact) mass is 1560 g/mol. The molecular weight excluding hydrogens is 1510 g/mol. The van der Waals surface area contributed by atoms with Gasteiger partial charge in [-0.1, -0.05) is 86.8 Å². The molecule has 2 aliphatic carbocycles. The van der Waals surface area contributed by atoms with Crippen LogP contribution in [0.4, 0.5) is 0 Å². The fraction of sp³-hybridized carbons (Fsp3) is 0.216. The molecule has 22 heteroatoms. The summed E-state index contributed by atoms with van der Waals surface area (Å²) in [6, 6.07) is 34.1. The SMILES string of the molecule is CC12CCC(c3c1n[n-]c3-c1nccc3ccccc13)C2(C)C.Cc1cc(-c2ccccn2)[n-]n1.Cc1n[n-]c(-c2ccccn2)n1.Cc1n[n-]c(-c2ccccn2)n1.O=C(O)c1ccccn1.[Cl][Pt][Cl].[Pt+2].[Pt]. The number of carboxylic acids is 1. The minimum atomic E-state index is -0.990. The summed E-state index contributed by atoms with van der Waals surface area (Å²) in [7, 11) is 9.75. The molecule has 1 aromatic carbocycles. The van der Waals surface area contributed by atoms with Crippen molar-refractivity contribution in [3.8, 4) is 45.8 Å². The summed E-state index contributed by atoms with van der Waals surface area (Å²) < 4.78 is 0. The van der Waals surface area contributed by atoms with Gasteiger partial charge in [-0.15, -0.1) is 0 Å². The molecule has 1 saturated carbocycles. The average molecular weight is 1560 g/mol. The third-order valence-electron chi connectivity index (χ3n) is 12.1. The van der Waals surface area contributed by atoms with Gasteiger partial charge in [-0.2, -0.15) is 0 Å². The maximum atomic E-state index is 10.1. The number of aromatic carboxylic acids is 1. The molecule has 2 atom stereocenters. The van der Waals surface area contributed by atoms with Gasteiger partial charge in [0.05, 0.1) is 17.1 Å². The molecule has 0 spiro atoms. The van der Waals surface area contributed by atoms with E-state index in [0.29, 0.717) is 29.2 Å². The standard InChI is InChI=1S/C20H20N3.C9H8N3.2C8H7N4.C6H5NO2.2ClH.3Pt/c1-19(2)14-8-10-20(19,3)18-15(14)17(22-23-18)16-13-7-5-4-6-12(13)9-11-21-16;1-7-6-9(12-11-7)8-4-2-3-5-10-8;2*1-6-10-8(12-11-6)7-4-2-3-5-9-7;8-6(9)5-3-1-2-4-7-5;;;;;/h4-7,9,11,14H,8,10H2,1-3H3;2-6H,1H3;2*2-5H,1H3;1-4H,(H,8,9);2*1H;;;/q4*-1;;;;;2*+2/p-2. The quantitative estimate of drug-likeness (QED) is 0.169. The van der Waals surface area contributed by atoms with E-state index in [9.17, 15) is 4.79 Å². The van der Waals surface area contributed by atoms with Gasteiger partial charge < -0.3 is 45.7 Å². The van der Waals surface area contributed by atoms with Crippen molar-refractivity contribution in [2.45, 2.75) is 65.7 Å². The smallest absolute Gasteiger partial charge is 0 e. The Morgan fingerprint density at radius 3 is 1.64 bits per heavy atom. The molecule has 73 heavy (non-hydrogen) atoms. The van der Waals surface area contributed by atoms with E-state index in [1.165, 1.54) is 47.1 Å². The minimum Gasteiger partial charge on any atom is 0 e. The first-order valence-electron chi connectivity index (χ1n) is 22.1. The Bertz CT molecular complexity index is 3070. The Balaban J connectivity index is 0.000000173. The van der Waals surface area contributed by atoms with Gasteiger partial charge in [0.2, 0.25) is 0 Å². The summed E-state index contributed by atoms with van der Waals surface area (Å²) in [5, 5.41) is 43.1. The average Bonchev–Trinajstić information content (AvgIpc) is 4.28. The summed E-state index contributed by atoms with van der Waals surface area (Å²) >= 11 is -0.472. The molecule has 2 aliphatic rings. The first kappa shape index (κ1) is 57.9. The Hall–Kier alpha value is -5.96. The second-order valence-corrected chi connectivity index (χ2v) is 20.1. The normalized spacial score (nSPS) is 15.0. The van der Waals surface area contributed by atoms with Crippen molar-refractivity contribution in [1.82, 2.24) is 75.7 Å². The summed E-state index contributed by atoms with van der Waals surface area (Å²) in [5.74, 6) is 2.09. The van der Waals surface area contributed by atoms with Gasteiger partial charge in [0, 0.05) is 91.6 Å². The summed E-state index contributed by atoms with van der Waals surface area (Å²) in [6.07, 6.45) is 11.0. The third-order valence-corrected chi connectivity index (χ3v) is 12.1. The summed E-state index contributed by atoms with van der Waals surface area (Å²) in [4.78, 5) is 38.9. The molecule has 0 amide bonds. The Labute approximate surface area is 467 Å². The zero-order valence-corrected chi connectivity index (χ0v) is 48.4. The van der Waals surface area contributed by atoms with Crippen LogP contribution in [0.3, 0.4) is 0 Å². The molecule has 10 aromatic rings. The molecule has 1 N–H and O–H groups in total. The maximum Gasteiger partial charge on any atom is 2.00 e. The van der Waals surface area contributed by atoms with Crippen LogP contribution in [-0.4, -0.2) is 66.4 Å². The minimum absolute atomic E-state index is 0. The van der Waals surface area contributed by atoms with Gasteiger partial charge >= 0.3 is 62.4 Å². The van der Waals surface area contributed by atoms with Crippen LogP contribution < -0.4 is 20.4 Å². The van der Waals surface area contributed by atoms with Crippen LogP contribution in [0.2, 0.25) is 0 Å². The second-order valence-electron chi connectivity index (χ2n) is 16.8. The van der Waals surface area contributed by atoms with Gasteiger partial charge in [0.25, 0.3) is 0 Å². The number of fused-ring (bicyclic) bond motifs is 6. The second kappa shape index (κ2) is 27.4. The molecular formula is C51H47Cl2N15O2Pt3-2. The molecule has 0 saturated heterocycles. The first-order chi connectivity index (χ1) is 34.3. The number of hydrogen-bond donors (Lipinski definition) is 1. The molecule has 2 unspecified atom stereocenters. The predicted octanol–water partition coefficient (Wildman–Crippen LogP) is 9.60. The molecule has 17 nitrogen and oxygen atoms in total. The predicted molar refractivity (Wildman–Crippen MR) is 266 cm³/mol. The van der Waals surface area contributed by atoms with Gasteiger partial charge in [-0.25, -0.2) is 9.78 Å². The number of carbonyl (C=O) groups is 1. The van der Waals surface area contributed by atoms with Crippen molar-refractivity contribution >= 4 is 35.6 Å². The van der Waals surface area contributed by atoms with E-state index in [-0.39, 0.29) is 58.7 Å². The van der Waals surface area contributed by atoms with Crippen molar-refractivity contribution < 1.29 is 68.5 Å². The fourth-order valence-corrected chi connectivity index (χ4v) is 8.33. The van der Waals surface area contributed by atoms with E-state index < -0.39 is 22.5 Å². The molecule has 0 radical (unpaired) electrons. The number of aromatic nitrogens is 15. The van der Waals surface area contributed by atoms with Crippen molar-refractivity contribution in [2.24, 2.45) is 5.41 Å². The van der Waals surface area contributed by atoms with Crippen molar-refractivity contribution in [3.63, 3.8) is 0 Å². The Morgan fingerprint density at radius 1 is 0.644 bits per heavy atom. The maximum absolute atomic E-state index is 10.1. The molecule has 2 bridgehead atoms. The molecule has 0 aliphatic heterocycles. The largest absolute Gasteiger partial charge is 2.00 e. The van der Waals surface area contributed by atoms with Gasteiger partial charge in [0.15, 0.2) is 0 Å². The van der Waals surface area contributed by atoms with E-state index in [1.54, 1.807) is 44.6 Å². The number of nitrogens with zero attached hydrogens (tertiary/aromatic N) is 15. The number of hydrogen-bond acceptors (Lipinski definition) is 12. The van der Waals surface area contributed by atoms with Crippen LogP contribution in [0, 0.1) is 26.2 Å². The molecule has 9 heterocycles. The number of rotatable bonds is 5. The first-order valence-corrected chi connectivity index (χ1v) is 27.7. The van der Waals surface area contributed by atoms with E-state index in [0.717, 1.165) is 39.9 Å². The topological polar surface area (TPSA) is 235 Å². The van der Waals surface area contributed by atoms with E-state index >= 15 is 0 Å². The molecule has 9 aromatic heterocycles. The molecule has 384 valence electrons.